The van der Waals surface area contributed by atoms with Gasteiger partial charge < -0.3 is 9.84 Å². The second kappa shape index (κ2) is 4.95. The van der Waals surface area contributed by atoms with Crippen LogP contribution in [0.25, 0.3) is 0 Å². The second-order valence-electron chi connectivity index (χ2n) is 5.74. The molecule has 94 valence electrons. The van der Waals surface area contributed by atoms with E-state index in [0.29, 0.717) is 0 Å². The van der Waals surface area contributed by atoms with Crippen molar-refractivity contribution < 1.29 is 14.6 Å². The normalized spacial score (nSPS) is 14.4. The molecule has 0 radical (unpaired) electrons. The van der Waals surface area contributed by atoms with Crippen LogP contribution in [0.2, 0.25) is 0 Å². The van der Waals surface area contributed by atoms with E-state index in [1.165, 1.54) is 0 Å². The van der Waals surface area contributed by atoms with Crippen LogP contribution >= 0.6 is 0 Å². The maximum Gasteiger partial charge on any atom is 0.352 e. The minimum absolute atomic E-state index is 0.0930. The van der Waals surface area contributed by atoms with Crippen molar-refractivity contribution in [2.45, 2.75) is 59.2 Å². The van der Waals surface area contributed by atoms with E-state index in [9.17, 15) is 9.90 Å². The Hall–Kier alpha value is -0.900. The van der Waals surface area contributed by atoms with Crippen LogP contribution in [-0.4, -0.2) is 28.0 Å². The molecule has 16 heavy (non-hydrogen) atoms. The van der Waals surface area contributed by atoms with Crippen LogP contribution in [0, 0.1) is 11.3 Å². The van der Waals surface area contributed by atoms with Crippen LogP contribution in [0.5, 0.6) is 0 Å². The summed E-state index contributed by atoms with van der Waals surface area (Å²) in [4.78, 5) is 11.5. The maximum atomic E-state index is 11.5. The Kier molecular flexibility index (Phi) is 4.68. The number of carbonyl (C=O) groups is 1. The number of rotatable bonds is 4. The highest BCUT2D eigenvalue weighted by Gasteiger charge is 2.27. The summed E-state index contributed by atoms with van der Waals surface area (Å²) in [6.45, 7) is 10.4. The van der Waals surface area contributed by atoms with E-state index >= 15 is 0 Å². The zero-order valence-electron chi connectivity index (χ0n) is 11.0. The number of hydrogen-bond donors (Lipinski definition) is 2. The fraction of sp³-hybridized carbons (Fsp3) is 0.833. The number of esters is 1. The van der Waals surface area contributed by atoms with Crippen LogP contribution in [0.3, 0.4) is 0 Å². The van der Waals surface area contributed by atoms with Gasteiger partial charge in [0.2, 0.25) is 0 Å². The fourth-order valence-electron chi connectivity index (χ4n) is 0.979. The van der Waals surface area contributed by atoms with Crippen LogP contribution < -0.4 is 0 Å². The SMILES string of the molecule is CC(CC(=N)C(=O)OC(C)(C)C)C(C)(C)O. The minimum atomic E-state index is -0.895. The average molecular weight is 229 g/mol. The summed E-state index contributed by atoms with van der Waals surface area (Å²) in [5.41, 5.74) is -1.57. The van der Waals surface area contributed by atoms with Crippen molar-refractivity contribution in [1.29, 1.82) is 5.41 Å². The fourth-order valence-corrected chi connectivity index (χ4v) is 0.979. The first kappa shape index (κ1) is 15.1. The highest BCUT2D eigenvalue weighted by atomic mass is 16.6. The Morgan fingerprint density at radius 1 is 1.31 bits per heavy atom. The molecule has 2 N–H and O–H groups in total. The van der Waals surface area contributed by atoms with Gasteiger partial charge in [-0.05, 0) is 40.5 Å². The summed E-state index contributed by atoms with van der Waals surface area (Å²) >= 11 is 0. The molecule has 0 saturated heterocycles. The third kappa shape index (κ3) is 5.85. The van der Waals surface area contributed by atoms with Crippen LogP contribution in [0.1, 0.15) is 48.0 Å². The molecule has 0 spiro atoms. The van der Waals surface area contributed by atoms with E-state index in [1.807, 2.05) is 0 Å². The molecule has 0 aromatic carbocycles. The average Bonchev–Trinajstić information content (AvgIpc) is 1.98. The third-order valence-corrected chi connectivity index (χ3v) is 2.36. The number of aliphatic hydroxyl groups is 1. The van der Waals surface area contributed by atoms with Crippen molar-refractivity contribution in [3.8, 4) is 0 Å². The molecule has 1 atom stereocenters. The van der Waals surface area contributed by atoms with E-state index in [4.69, 9.17) is 10.1 Å². The predicted molar refractivity (Wildman–Crippen MR) is 63.7 cm³/mol. The molecule has 1 unspecified atom stereocenters. The summed E-state index contributed by atoms with van der Waals surface area (Å²) in [6, 6.07) is 0. The molecular formula is C12H23NO3. The molecule has 0 aliphatic heterocycles. The smallest absolute Gasteiger partial charge is 0.352 e. The summed E-state index contributed by atoms with van der Waals surface area (Å²) in [5.74, 6) is -0.767. The Labute approximate surface area is 97.5 Å². The van der Waals surface area contributed by atoms with Gasteiger partial charge in [0.05, 0.1) is 5.60 Å². The van der Waals surface area contributed by atoms with Crippen LogP contribution in [0.4, 0.5) is 0 Å². The lowest BCUT2D eigenvalue weighted by molar-refractivity contribution is -0.146. The summed E-state index contributed by atoms with van der Waals surface area (Å²) in [6.07, 6.45) is 0.221. The predicted octanol–water partition coefficient (Wildman–Crippen LogP) is 2.14. The topological polar surface area (TPSA) is 70.4 Å². The molecule has 0 fully saturated rings. The lowest BCUT2D eigenvalue weighted by Crippen LogP contribution is -2.34. The molecule has 4 heteroatoms. The van der Waals surface area contributed by atoms with E-state index in [0.717, 1.165) is 0 Å². The van der Waals surface area contributed by atoms with E-state index in [-0.39, 0.29) is 18.1 Å². The molecular weight excluding hydrogens is 206 g/mol. The van der Waals surface area contributed by atoms with Gasteiger partial charge in [0.1, 0.15) is 11.3 Å². The van der Waals surface area contributed by atoms with Gasteiger partial charge in [-0.3, -0.25) is 5.41 Å². The molecule has 0 rings (SSSR count). The molecule has 0 aromatic heterocycles. The molecule has 0 heterocycles. The molecule has 0 bridgehead atoms. The Morgan fingerprint density at radius 3 is 2.06 bits per heavy atom. The van der Waals surface area contributed by atoms with Gasteiger partial charge in [-0.15, -0.1) is 0 Å². The number of hydrogen-bond acceptors (Lipinski definition) is 4. The maximum absolute atomic E-state index is 11.5. The first-order valence-electron chi connectivity index (χ1n) is 5.46. The van der Waals surface area contributed by atoms with Gasteiger partial charge in [-0.1, -0.05) is 6.92 Å². The third-order valence-electron chi connectivity index (χ3n) is 2.36. The Morgan fingerprint density at radius 2 is 1.75 bits per heavy atom. The van der Waals surface area contributed by atoms with Crippen molar-refractivity contribution >= 4 is 11.7 Å². The molecule has 0 aromatic rings. The molecule has 0 amide bonds. The van der Waals surface area contributed by atoms with Gasteiger partial charge in [0, 0.05) is 6.42 Å². The molecule has 0 aliphatic carbocycles. The van der Waals surface area contributed by atoms with Crippen LogP contribution in [-0.2, 0) is 9.53 Å². The molecule has 0 aliphatic rings. The van der Waals surface area contributed by atoms with Crippen molar-refractivity contribution in [2.24, 2.45) is 5.92 Å². The van der Waals surface area contributed by atoms with Gasteiger partial charge in [-0.25, -0.2) is 4.79 Å². The zero-order chi connectivity index (χ0) is 13.1. The Bertz CT molecular complexity index is 271. The molecule has 0 saturated carbocycles. The highest BCUT2D eigenvalue weighted by molar-refractivity contribution is 6.35. The van der Waals surface area contributed by atoms with E-state index in [1.54, 1.807) is 41.5 Å². The number of carbonyl (C=O) groups excluding carboxylic acids is 1. The first-order chi connectivity index (χ1) is 6.93. The largest absolute Gasteiger partial charge is 0.456 e. The lowest BCUT2D eigenvalue weighted by Gasteiger charge is -2.26. The quantitative estimate of drug-likeness (QED) is 0.573. The minimum Gasteiger partial charge on any atom is -0.456 e. The standard InChI is InChI=1S/C12H23NO3/c1-8(12(5,6)15)7-9(13)10(14)16-11(2,3)4/h8,13,15H,7H2,1-6H3. The van der Waals surface area contributed by atoms with Crippen molar-refractivity contribution in [3.05, 3.63) is 0 Å². The van der Waals surface area contributed by atoms with E-state index < -0.39 is 17.2 Å². The van der Waals surface area contributed by atoms with Crippen LogP contribution in [0.15, 0.2) is 0 Å². The monoisotopic (exact) mass is 229 g/mol. The van der Waals surface area contributed by atoms with Crippen molar-refractivity contribution in [1.82, 2.24) is 0 Å². The summed E-state index contributed by atoms with van der Waals surface area (Å²) in [7, 11) is 0. The van der Waals surface area contributed by atoms with Gasteiger partial charge in [0.15, 0.2) is 0 Å². The number of nitrogens with one attached hydrogen (secondary N) is 1. The van der Waals surface area contributed by atoms with E-state index in [2.05, 4.69) is 0 Å². The van der Waals surface area contributed by atoms with Gasteiger partial charge in [0.25, 0.3) is 0 Å². The van der Waals surface area contributed by atoms with Crippen molar-refractivity contribution in [2.75, 3.05) is 0 Å². The number of ether oxygens (including phenoxy) is 1. The first-order valence-corrected chi connectivity index (χ1v) is 5.46. The van der Waals surface area contributed by atoms with Gasteiger partial charge in [-0.2, -0.15) is 0 Å². The zero-order valence-corrected chi connectivity index (χ0v) is 11.0. The van der Waals surface area contributed by atoms with Gasteiger partial charge >= 0.3 is 5.97 Å². The second-order valence-corrected chi connectivity index (χ2v) is 5.74. The lowest BCUT2D eigenvalue weighted by atomic mass is 9.88. The van der Waals surface area contributed by atoms with Crippen molar-refractivity contribution in [3.63, 3.8) is 0 Å². The highest BCUT2D eigenvalue weighted by Crippen LogP contribution is 2.20. The summed E-state index contributed by atoms with van der Waals surface area (Å²) in [5, 5.41) is 17.3. The Balaban J connectivity index is 4.33. The summed E-state index contributed by atoms with van der Waals surface area (Å²) < 4.78 is 5.07. The molecule has 4 nitrogen and oxygen atoms in total.